The zero-order valence-corrected chi connectivity index (χ0v) is 12.5. The number of hydrogen-bond acceptors (Lipinski definition) is 4. The molecule has 1 aromatic rings. The van der Waals surface area contributed by atoms with Crippen LogP contribution in [0.15, 0.2) is 30.3 Å². The Hall–Kier alpha value is -1.75. The van der Waals surface area contributed by atoms with E-state index in [1.54, 1.807) is 0 Å². The van der Waals surface area contributed by atoms with Crippen molar-refractivity contribution in [2.45, 2.75) is 19.8 Å². The van der Waals surface area contributed by atoms with E-state index in [1.165, 1.54) is 7.11 Å². The molecule has 1 rings (SSSR count). The molecule has 0 heterocycles. The SMILES string of the molecule is COC(=O)CNC(=O)[C@@H](CC(C)=S)Cc1ccccc1. The molecule has 0 aliphatic heterocycles. The highest BCUT2D eigenvalue weighted by atomic mass is 32.1. The van der Waals surface area contributed by atoms with Crippen LogP contribution in [-0.2, 0) is 20.7 Å². The van der Waals surface area contributed by atoms with Gasteiger partial charge in [0.25, 0.3) is 0 Å². The summed E-state index contributed by atoms with van der Waals surface area (Å²) >= 11 is 5.09. The summed E-state index contributed by atoms with van der Waals surface area (Å²) in [6.07, 6.45) is 1.12. The number of esters is 1. The van der Waals surface area contributed by atoms with E-state index in [0.29, 0.717) is 12.8 Å². The smallest absolute Gasteiger partial charge is 0.325 e. The van der Waals surface area contributed by atoms with E-state index in [1.807, 2.05) is 37.3 Å². The molecular weight excluding hydrogens is 274 g/mol. The van der Waals surface area contributed by atoms with Gasteiger partial charge in [-0.15, -0.1) is 0 Å². The molecule has 0 bridgehead atoms. The van der Waals surface area contributed by atoms with Crippen LogP contribution in [0.3, 0.4) is 0 Å². The summed E-state index contributed by atoms with van der Waals surface area (Å²) in [5.74, 6) is -0.904. The van der Waals surface area contributed by atoms with E-state index in [0.717, 1.165) is 10.4 Å². The third-order valence-corrected chi connectivity index (χ3v) is 3.03. The Balaban J connectivity index is 2.66. The van der Waals surface area contributed by atoms with Crippen molar-refractivity contribution >= 4 is 29.0 Å². The molecule has 20 heavy (non-hydrogen) atoms. The van der Waals surface area contributed by atoms with Gasteiger partial charge in [-0.1, -0.05) is 42.5 Å². The first-order chi connectivity index (χ1) is 9.52. The van der Waals surface area contributed by atoms with Crippen LogP contribution in [0.2, 0.25) is 0 Å². The lowest BCUT2D eigenvalue weighted by atomic mass is 9.94. The zero-order valence-electron chi connectivity index (χ0n) is 11.7. The highest BCUT2D eigenvalue weighted by Crippen LogP contribution is 2.13. The lowest BCUT2D eigenvalue weighted by molar-refractivity contribution is -0.141. The van der Waals surface area contributed by atoms with Crippen molar-refractivity contribution in [1.29, 1.82) is 0 Å². The summed E-state index contributed by atoms with van der Waals surface area (Å²) < 4.78 is 4.50. The van der Waals surface area contributed by atoms with E-state index in [2.05, 4.69) is 10.1 Å². The molecule has 0 saturated heterocycles. The molecule has 1 N–H and O–H groups in total. The maximum atomic E-state index is 12.1. The lowest BCUT2D eigenvalue weighted by Crippen LogP contribution is -2.36. The standard InChI is InChI=1S/C15H19NO3S/c1-11(20)8-13(9-12-6-4-3-5-7-12)15(18)16-10-14(17)19-2/h3-7,13H,8-10H2,1-2H3,(H,16,18)/t13-/m0/s1. The van der Waals surface area contributed by atoms with Crippen LogP contribution in [0, 0.1) is 5.92 Å². The lowest BCUT2D eigenvalue weighted by Gasteiger charge is -2.16. The van der Waals surface area contributed by atoms with Crippen LogP contribution in [0.5, 0.6) is 0 Å². The van der Waals surface area contributed by atoms with Crippen molar-refractivity contribution in [3.8, 4) is 0 Å². The number of carbonyl (C=O) groups is 2. The largest absolute Gasteiger partial charge is 0.468 e. The molecule has 4 nitrogen and oxygen atoms in total. The van der Waals surface area contributed by atoms with Gasteiger partial charge in [0, 0.05) is 5.92 Å². The molecule has 0 unspecified atom stereocenters. The van der Waals surface area contributed by atoms with Crippen LogP contribution >= 0.6 is 12.2 Å². The molecule has 0 aliphatic carbocycles. The Morgan fingerprint density at radius 3 is 2.50 bits per heavy atom. The molecule has 1 aromatic carbocycles. The van der Waals surface area contributed by atoms with E-state index in [9.17, 15) is 9.59 Å². The van der Waals surface area contributed by atoms with Gasteiger partial charge in [0.2, 0.25) is 5.91 Å². The van der Waals surface area contributed by atoms with Gasteiger partial charge in [-0.25, -0.2) is 0 Å². The molecule has 0 spiro atoms. The molecule has 1 amide bonds. The number of amides is 1. The van der Waals surface area contributed by atoms with Gasteiger partial charge in [0.1, 0.15) is 6.54 Å². The van der Waals surface area contributed by atoms with Crippen LogP contribution in [0.1, 0.15) is 18.9 Å². The summed E-state index contributed by atoms with van der Waals surface area (Å²) in [5.41, 5.74) is 1.07. The third-order valence-electron chi connectivity index (χ3n) is 2.86. The topological polar surface area (TPSA) is 55.4 Å². The second kappa shape index (κ2) is 8.43. The molecule has 1 atom stereocenters. The number of nitrogens with one attached hydrogen (secondary N) is 1. The van der Waals surface area contributed by atoms with E-state index in [-0.39, 0.29) is 18.4 Å². The van der Waals surface area contributed by atoms with Crippen molar-refractivity contribution < 1.29 is 14.3 Å². The van der Waals surface area contributed by atoms with E-state index < -0.39 is 5.97 Å². The predicted molar refractivity (Wildman–Crippen MR) is 81.6 cm³/mol. The van der Waals surface area contributed by atoms with Gasteiger partial charge in [-0.05, 0) is 30.2 Å². The highest BCUT2D eigenvalue weighted by Gasteiger charge is 2.20. The summed E-state index contributed by atoms with van der Waals surface area (Å²) in [4.78, 5) is 24.0. The summed E-state index contributed by atoms with van der Waals surface area (Å²) in [6, 6.07) is 9.74. The first kappa shape index (κ1) is 16.3. The maximum Gasteiger partial charge on any atom is 0.325 e. The monoisotopic (exact) mass is 293 g/mol. The first-order valence-corrected chi connectivity index (χ1v) is 6.81. The third kappa shape index (κ3) is 5.93. The van der Waals surface area contributed by atoms with Crippen LogP contribution in [-0.4, -0.2) is 30.4 Å². The van der Waals surface area contributed by atoms with Gasteiger partial charge in [-0.2, -0.15) is 0 Å². The Bertz CT molecular complexity index is 473. The Kier molecular flexibility index (Phi) is 6.87. The van der Waals surface area contributed by atoms with Gasteiger partial charge < -0.3 is 10.1 Å². The molecule has 0 fully saturated rings. The first-order valence-electron chi connectivity index (χ1n) is 6.40. The minimum Gasteiger partial charge on any atom is -0.468 e. The van der Waals surface area contributed by atoms with Gasteiger partial charge in [0.15, 0.2) is 0 Å². The van der Waals surface area contributed by atoms with Crippen molar-refractivity contribution in [1.82, 2.24) is 5.32 Å². The fraction of sp³-hybridized carbons (Fsp3) is 0.400. The second-order valence-electron chi connectivity index (χ2n) is 4.59. The van der Waals surface area contributed by atoms with Crippen LogP contribution in [0.4, 0.5) is 0 Å². The molecule has 0 aliphatic rings. The number of thiocarbonyl (C=S) groups is 1. The van der Waals surface area contributed by atoms with E-state index in [4.69, 9.17) is 12.2 Å². The Labute approximate surface area is 124 Å². The minimum absolute atomic E-state index is 0.114. The second-order valence-corrected chi connectivity index (χ2v) is 5.28. The van der Waals surface area contributed by atoms with Gasteiger partial charge in [-0.3, -0.25) is 9.59 Å². The summed E-state index contributed by atoms with van der Waals surface area (Å²) in [5, 5.41) is 2.59. The number of rotatable bonds is 7. The summed E-state index contributed by atoms with van der Waals surface area (Å²) in [6.45, 7) is 1.71. The van der Waals surface area contributed by atoms with Crippen molar-refractivity contribution in [3.05, 3.63) is 35.9 Å². The number of carbonyl (C=O) groups excluding carboxylic acids is 2. The number of hydrogen-bond donors (Lipinski definition) is 1. The average molecular weight is 293 g/mol. The number of ether oxygens (including phenoxy) is 1. The molecular formula is C15H19NO3S. The molecule has 5 heteroatoms. The van der Waals surface area contributed by atoms with E-state index >= 15 is 0 Å². The Morgan fingerprint density at radius 2 is 1.95 bits per heavy atom. The Morgan fingerprint density at radius 1 is 1.30 bits per heavy atom. The van der Waals surface area contributed by atoms with Gasteiger partial charge in [0.05, 0.1) is 7.11 Å². The van der Waals surface area contributed by atoms with Gasteiger partial charge >= 0.3 is 5.97 Å². The molecule has 0 aromatic heterocycles. The minimum atomic E-state index is -0.462. The van der Waals surface area contributed by atoms with Crippen LogP contribution in [0.25, 0.3) is 0 Å². The van der Waals surface area contributed by atoms with Crippen molar-refractivity contribution in [2.75, 3.05) is 13.7 Å². The fourth-order valence-corrected chi connectivity index (χ4v) is 2.08. The normalized spacial score (nSPS) is 11.5. The quantitative estimate of drug-likeness (QED) is 0.616. The molecule has 0 saturated carbocycles. The highest BCUT2D eigenvalue weighted by molar-refractivity contribution is 7.80. The number of benzene rings is 1. The fourth-order valence-electron chi connectivity index (χ4n) is 1.88. The summed E-state index contributed by atoms with van der Waals surface area (Å²) in [7, 11) is 1.29. The molecule has 108 valence electrons. The average Bonchev–Trinajstić information content (AvgIpc) is 2.44. The number of methoxy groups -OCH3 is 1. The maximum absolute atomic E-state index is 12.1. The van der Waals surface area contributed by atoms with Crippen LogP contribution < -0.4 is 5.32 Å². The predicted octanol–water partition coefficient (Wildman–Crippen LogP) is 1.91. The molecule has 0 radical (unpaired) electrons. The van der Waals surface area contributed by atoms with Crippen molar-refractivity contribution in [2.24, 2.45) is 5.92 Å². The zero-order chi connectivity index (χ0) is 15.0. The van der Waals surface area contributed by atoms with Crippen molar-refractivity contribution in [3.63, 3.8) is 0 Å².